The van der Waals surface area contributed by atoms with Crippen molar-refractivity contribution in [3.05, 3.63) is 29.8 Å². The lowest BCUT2D eigenvalue weighted by atomic mass is 10.2. The Kier molecular flexibility index (Phi) is 4.43. The van der Waals surface area contributed by atoms with Gasteiger partial charge in [-0.3, -0.25) is 9.59 Å². The summed E-state index contributed by atoms with van der Waals surface area (Å²) < 4.78 is 26.4. The highest BCUT2D eigenvalue weighted by Gasteiger charge is 2.29. The molecule has 1 amide bonds. The number of Topliss-reactive ketones (excluding diaryl/α,β-unsaturated/α-hetero) is 1. The zero-order valence-corrected chi connectivity index (χ0v) is 12.9. The highest BCUT2D eigenvalue weighted by atomic mass is 32.2. The Hall–Kier alpha value is -1.73. The Morgan fingerprint density at radius 1 is 1.24 bits per heavy atom. The average Bonchev–Trinajstić information content (AvgIpc) is 2.61. The molecule has 1 aromatic rings. The van der Waals surface area contributed by atoms with Crippen molar-refractivity contribution < 1.29 is 18.0 Å². The standard InChI is InChI=1S/C14H18N2O4S/c1-11(17)12-5-3-6-13(9-12)21(19,20)16-8-4-7-15(2)14(18)10-16/h3,5-6,9H,4,7-8,10H2,1-2H3. The van der Waals surface area contributed by atoms with Crippen LogP contribution in [0, 0.1) is 0 Å². The summed E-state index contributed by atoms with van der Waals surface area (Å²) in [5.74, 6) is -0.419. The summed E-state index contributed by atoms with van der Waals surface area (Å²) in [5, 5.41) is 0. The Labute approximate surface area is 124 Å². The third-order valence-corrected chi connectivity index (χ3v) is 5.36. The van der Waals surface area contributed by atoms with Gasteiger partial charge in [-0.05, 0) is 25.5 Å². The van der Waals surface area contributed by atoms with Gasteiger partial charge >= 0.3 is 0 Å². The van der Waals surface area contributed by atoms with Crippen LogP contribution in [0.15, 0.2) is 29.2 Å². The minimum absolute atomic E-state index is 0.0487. The monoisotopic (exact) mass is 310 g/mol. The van der Waals surface area contributed by atoms with Gasteiger partial charge in [0.25, 0.3) is 0 Å². The Balaban J connectivity index is 2.35. The van der Waals surface area contributed by atoms with Crippen molar-refractivity contribution in [3.63, 3.8) is 0 Å². The van der Waals surface area contributed by atoms with Crippen LogP contribution < -0.4 is 0 Å². The molecule has 1 heterocycles. The first-order chi connectivity index (χ1) is 9.82. The maximum absolute atomic E-state index is 12.6. The molecule has 114 valence electrons. The van der Waals surface area contributed by atoms with Crippen LogP contribution in [-0.2, 0) is 14.8 Å². The largest absolute Gasteiger partial charge is 0.345 e. The van der Waals surface area contributed by atoms with Gasteiger partial charge in [-0.2, -0.15) is 4.31 Å². The summed E-state index contributed by atoms with van der Waals surface area (Å²) in [7, 11) is -2.10. The van der Waals surface area contributed by atoms with Gasteiger partial charge in [-0.1, -0.05) is 12.1 Å². The van der Waals surface area contributed by atoms with Crippen LogP contribution in [0.25, 0.3) is 0 Å². The van der Waals surface area contributed by atoms with E-state index in [-0.39, 0.29) is 23.1 Å². The summed E-state index contributed by atoms with van der Waals surface area (Å²) in [6.07, 6.45) is 0.591. The molecule has 0 radical (unpaired) electrons. The predicted molar refractivity (Wildman–Crippen MR) is 77.5 cm³/mol. The fourth-order valence-electron chi connectivity index (χ4n) is 2.19. The molecule has 2 rings (SSSR count). The third-order valence-electron chi connectivity index (χ3n) is 3.52. The predicted octanol–water partition coefficient (Wildman–Crippen LogP) is 0.742. The molecule has 0 aromatic heterocycles. The van der Waals surface area contributed by atoms with Crippen LogP contribution in [-0.4, -0.2) is 56.0 Å². The van der Waals surface area contributed by atoms with Crippen molar-refractivity contribution in [2.75, 3.05) is 26.7 Å². The number of nitrogens with zero attached hydrogens (tertiary/aromatic N) is 2. The molecule has 0 saturated carbocycles. The molecule has 0 spiro atoms. The number of ketones is 1. The van der Waals surface area contributed by atoms with E-state index in [4.69, 9.17) is 0 Å². The van der Waals surface area contributed by atoms with E-state index in [1.807, 2.05) is 0 Å². The second-order valence-electron chi connectivity index (χ2n) is 5.09. The van der Waals surface area contributed by atoms with Gasteiger partial charge in [0, 0.05) is 25.7 Å². The van der Waals surface area contributed by atoms with Crippen molar-refractivity contribution in [3.8, 4) is 0 Å². The molecule has 1 aliphatic rings. The normalized spacial score (nSPS) is 17.6. The van der Waals surface area contributed by atoms with Gasteiger partial charge in [0.1, 0.15) is 0 Å². The quantitative estimate of drug-likeness (QED) is 0.772. The first-order valence-electron chi connectivity index (χ1n) is 6.67. The second-order valence-corrected chi connectivity index (χ2v) is 7.03. The summed E-state index contributed by atoms with van der Waals surface area (Å²) in [6, 6.07) is 5.91. The number of benzene rings is 1. The van der Waals surface area contributed by atoms with Gasteiger partial charge in [0.2, 0.25) is 15.9 Å². The van der Waals surface area contributed by atoms with E-state index >= 15 is 0 Å². The van der Waals surface area contributed by atoms with Crippen LogP contribution >= 0.6 is 0 Å². The van der Waals surface area contributed by atoms with Gasteiger partial charge < -0.3 is 4.90 Å². The molecule has 0 aliphatic carbocycles. The molecular weight excluding hydrogens is 292 g/mol. The van der Waals surface area contributed by atoms with Crippen LogP contribution in [0.4, 0.5) is 0 Å². The summed E-state index contributed by atoms with van der Waals surface area (Å²) >= 11 is 0. The number of hydrogen-bond donors (Lipinski definition) is 0. The topological polar surface area (TPSA) is 74.8 Å². The number of hydrogen-bond acceptors (Lipinski definition) is 4. The second kappa shape index (κ2) is 5.95. The maximum atomic E-state index is 12.6. The molecular formula is C14H18N2O4S. The minimum Gasteiger partial charge on any atom is -0.345 e. The van der Waals surface area contributed by atoms with Crippen molar-refractivity contribution in [2.24, 2.45) is 0 Å². The van der Waals surface area contributed by atoms with E-state index in [1.165, 1.54) is 34.3 Å². The first-order valence-corrected chi connectivity index (χ1v) is 8.11. The Morgan fingerprint density at radius 2 is 1.95 bits per heavy atom. The first kappa shape index (κ1) is 15.7. The molecule has 0 unspecified atom stereocenters. The third kappa shape index (κ3) is 3.30. The molecule has 7 heteroatoms. The fourth-order valence-corrected chi connectivity index (χ4v) is 3.66. The van der Waals surface area contributed by atoms with Crippen molar-refractivity contribution in [1.82, 2.24) is 9.21 Å². The van der Waals surface area contributed by atoms with Crippen LogP contribution in [0.5, 0.6) is 0 Å². The van der Waals surface area contributed by atoms with Crippen LogP contribution in [0.3, 0.4) is 0 Å². The number of amides is 1. The van der Waals surface area contributed by atoms with E-state index in [9.17, 15) is 18.0 Å². The summed E-state index contributed by atoms with van der Waals surface area (Å²) in [4.78, 5) is 24.8. The molecule has 0 N–H and O–H groups in total. The molecule has 1 saturated heterocycles. The molecule has 1 fully saturated rings. The number of carbonyl (C=O) groups is 2. The average molecular weight is 310 g/mol. The zero-order valence-electron chi connectivity index (χ0n) is 12.1. The van der Waals surface area contributed by atoms with E-state index in [0.717, 1.165) is 0 Å². The molecule has 0 bridgehead atoms. The van der Waals surface area contributed by atoms with Crippen molar-refractivity contribution >= 4 is 21.7 Å². The highest BCUT2D eigenvalue weighted by Crippen LogP contribution is 2.19. The van der Waals surface area contributed by atoms with Crippen LogP contribution in [0.2, 0.25) is 0 Å². The van der Waals surface area contributed by atoms with Gasteiger partial charge in [-0.15, -0.1) is 0 Å². The van der Waals surface area contributed by atoms with Gasteiger partial charge in [-0.25, -0.2) is 8.42 Å². The Morgan fingerprint density at radius 3 is 2.62 bits per heavy atom. The molecule has 6 nitrogen and oxygen atoms in total. The molecule has 21 heavy (non-hydrogen) atoms. The molecule has 0 atom stereocenters. The lowest BCUT2D eigenvalue weighted by Crippen LogP contribution is -2.38. The maximum Gasteiger partial charge on any atom is 0.243 e. The van der Waals surface area contributed by atoms with Crippen LogP contribution in [0.1, 0.15) is 23.7 Å². The smallest absolute Gasteiger partial charge is 0.243 e. The fraction of sp³-hybridized carbons (Fsp3) is 0.429. The summed E-state index contributed by atoms with van der Waals surface area (Å²) in [6.45, 7) is 2.06. The molecule has 1 aromatic carbocycles. The van der Waals surface area contributed by atoms with Crippen molar-refractivity contribution in [2.45, 2.75) is 18.2 Å². The van der Waals surface area contributed by atoms with E-state index in [1.54, 1.807) is 13.1 Å². The Bertz CT molecular complexity index is 669. The van der Waals surface area contributed by atoms with E-state index in [2.05, 4.69) is 0 Å². The SMILES string of the molecule is CC(=O)c1cccc(S(=O)(=O)N2CCCN(C)C(=O)C2)c1. The molecule has 1 aliphatic heterocycles. The number of likely N-dealkylation sites (N-methyl/N-ethyl adjacent to an activating group) is 1. The minimum atomic E-state index is -3.76. The number of rotatable bonds is 3. The van der Waals surface area contributed by atoms with E-state index < -0.39 is 10.0 Å². The van der Waals surface area contributed by atoms with E-state index in [0.29, 0.717) is 25.1 Å². The number of sulfonamides is 1. The van der Waals surface area contributed by atoms with Gasteiger partial charge in [0.05, 0.1) is 11.4 Å². The lowest BCUT2D eigenvalue weighted by molar-refractivity contribution is -0.129. The summed E-state index contributed by atoms with van der Waals surface area (Å²) in [5.41, 5.74) is 0.342. The van der Waals surface area contributed by atoms with Crippen molar-refractivity contribution in [1.29, 1.82) is 0 Å². The highest BCUT2D eigenvalue weighted by molar-refractivity contribution is 7.89. The lowest BCUT2D eigenvalue weighted by Gasteiger charge is -2.19. The zero-order chi connectivity index (χ0) is 15.6. The van der Waals surface area contributed by atoms with Gasteiger partial charge in [0.15, 0.2) is 5.78 Å². The number of carbonyl (C=O) groups excluding carboxylic acids is 2.